The molecule has 7 amide bonds. The van der Waals surface area contributed by atoms with Gasteiger partial charge in [0.2, 0.25) is 17.7 Å². The van der Waals surface area contributed by atoms with E-state index >= 15 is 0 Å². The number of unbranched alkanes of at least 4 members (excludes halogenated alkanes) is 2. The molecule has 4 N–H and O–H groups in total. The summed E-state index contributed by atoms with van der Waals surface area (Å²) < 4.78 is 27.7. The minimum absolute atomic E-state index is 0.0111. The number of anilines is 2. The van der Waals surface area contributed by atoms with Gasteiger partial charge in [-0.15, -0.1) is 23.2 Å². The number of carbonyl (C=O) groups excluding carboxylic acids is 7. The molecule has 0 unspecified atom stereocenters. The quantitative estimate of drug-likeness (QED) is 0.0169. The average molecular weight is 1230 g/mol. The Bertz CT molecular complexity index is 3310. The second-order valence-electron chi connectivity index (χ2n) is 22.1. The maximum absolute atomic E-state index is 14.8. The lowest BCUT2D eigenvalue weighted by molar-refractivity contribution is -0.205. The smallest absolute Gasteiger partial charge is 0.480 e. The zero-order valence-electron chi connectivity index (χ0n) is 45.5. The zero-order chi connectivity index (χ0) is 59.1. The van der Waals surface area contributed by atoms with Crippen molar-refractivity contribution in [2.24, 2.45) is 10.8 Å². The number of aliphatic carboxylic acids is 1. The van der Waals surface area contributed by atoms with Gasteiger partial charge in [0.25, 0.3) is 11.8 Å². The second kappa shape index (κ2) is 24.3. The zero-order valence-corrected chi connectivity index (χ0v) is 49.5. The van der Waals surface area contributed by atoms with E-state index in [1.807, 2.05) is 30.3 Å². The SMILES string of the molecule is CN(CCN(C)C(=O)Oc1cc2c(c3ccccc13)[C@H](CCl)CN2C(=O)C12CC(C(=O)N3C[C@@H](CCl)c4c3cc(OP(=O)(O)O)c3ccccc43)(C1)C2)C(=O)OCCSSC(C)(C)[C@H](NC(=O)CCCCCN1C(=O)C=CC1=O)C(=O)O. The van der Waals surface area contributed by atoms with E-state index in [0.29, 0.717) is 71.8 Å². The first-order valence-electron chi connectivity index (χ1n) is 26.7. The van der Waals surface area contributed by atoms with Crippen molar-refractivity contribution in [1.82, 2.24) is 20.0 Å². The van der Waals surface area contributed by atoms with Gasteiger partial charge in [0.15, 0.2) is 0 Å². The maximum atomic E-state index is 14.8. The predicted octanol–water partition coefficient (Wildman–Crippen LogP) is 8.39. The molecule has 3 fully saturated rings. The first-order valence-corrected chi connectivity index (χ1v) is 31.6. The molecule has 0 aromatic heterocycles. The average Bonchev–Trinajstić information content (AvgIpc) is 2.12. The molecular weight excluding hydrogens is 1160 g/mol. The number of hydrogen-bond acceptors (Lipinski definition) is 14. The monoisotopic (exact) mass is 1220 g/mol. The topological polar surface area (TPSA) is 270 Å². The Labute approximate surface area is 490 Å². The van der Waals surface area contributed by atoms with Gasteiger partial charge in [-0.1, -0.05) is 76.5 Å². The van der Waals surface area contributed by atoms with Gasteiger partial charge in [-0.05, 0) is 67.9 Å². The van der Waals surface area contributed by atoms with Crippen molar-refractivity contribution < 1.29 is 71.8 Å². The minimum atomic E-state index is -4.97. The Morgan fingerprint density at radius 2 is 1.27 bits per heavy atom. The summed E-state index contributed by atoms with van der Waals surface area (Å²) in [6, 6.07) is 16.4. The fourth-order valence-corrected chi connectivity index (χ4v) is 15.2. The highest BCUT2D eigenvalue weighted by atomic mass is 35.5. The number of ether oxygens (including phenoxy) is 2. The summed E-state index contributed by atoms with van der Waals surface area (Å²) in [5.74, 6) is -2.41. The van der Waals surface area contributed by atoms with E-state index in [1.165, 1.54) is 63.7 Å². The van der Waals surface area contributed by atoms with Gasteiger partial charge in [-0.2, -0.15) is 0 Å². The van der Waals surface area contributed by atoms with Crippen LogP contribution >= 0.6 is 52.6 Å². The second-order valence-corrected chi connectivity index (χ2v) is 26.9. The van der Waals surface area contributed by atoms with Crippen LogP contribution in [0, 0.1) is 10.8 Å². The van der Waals surface area contributed by atoms with Crippen molar-refractivity contribution >= 4 is 133 Å². The number of carbonyl (C=O) groups is 8. The van der Waals surface area contributed by atoms with E-state index in [-0.39, 0.29) is 104 Å². The Kier molecular flexibility index (Phi) is 17.9. The number of phosphoric ester groups is 1. The van der Waals surface area contributed by atoms with Gasteiger partial charge in [0.05, 0.1) is 27.0 Å². The van der Waals surface area contributed by atoms with E-state index in [9.17, 15) is 57.8 Å². The molecule has 0 saturated heterocycles. The molecule has 3 atom stereocenters. The lowest BCUT2D eigenvalue weighted by atomic mass is 9.34. The first kappa shape index (κ1) is 60.5. The Hall–Kier alpha value is -6.07. The highest BCUT2D eigenvalue weighted by molar-refractivity contribution is 8.77. The van der Waals surface area contributed by atoms with Crippen molar-refractivity contribution in [3.05, 3.63) is 83.9 Å². The number of halogens is 2. The third-order valence-corrected chi connectivity index (χ3v) is 20.4. The summed E-state index contributed by atoms with van der Waals surface area (Å²) in [5, 5.41) is 15.1. The van der Waals surface area contributed by atoms with Crippen molar-refractivity contribution in [2.45, 2.75) is 81.4 Å². The standard InChI is InChI=1S/C56H63Cl2N6O15PS2/c1-54(2,48(49(68)69)59-43(65)16-6-5-11-19-62-44(66)17-18-45(62)67)82-81-23-22-77-52(72)60(3)20-21-61(4)53(73)78-41-24-39-46(37-14-9-7-12-35(37)41)33(26-57)28-63(39)50(70)55-30-56(31-55,32-55)51(71)64-29-34(27-58)47-38-15-10-8-13-36(38)42(25-40(47)64)79-80(74,75)76/h7-10,12-15,17-18,24-25,33-34,48H,5-6,11,16,19-23,26-32H2,1-4H3,(H,59,65)(H,68,69)(H2,74,75,76)/t33-,34-,48-,55?,56?/m1/s1. The third kappa shape index (κ3) is 12.1. The number of rotatable bonds is 24. The van der Waals surface area contributed by atoms with E-state index in [2.05, 4.69) is 5.32 Å². The first-order chi connectivity index (χ1) is 38.9. The van der Waals surface area contributed by atoms with E-state index < -0.39 is 53.5 Å². The van der Waals surface area contributed by atoms with Crippen molar-refractivity contribution in [1.29, 1.82) is 0 Å². The van der Waals surface area contributed by atoms with Gasteiger partial charge < -0.3 is 44.0 Å². The highest BCUT2D eigenvalue weighted by Gasteiger charge is 2.76. The van der Waals surface area contributed by atoms with E-state index in [0.717, 1.165) is 21.4 Å². The molecule has 26 heteroatoms. The van der Waals surface area contributed by atoms with Crippen LogP contribution < -0.4 is 24.4 Å². The summed E-state index contributed by atoms with van der Waals surface area (Å²) in [7, 11) is 0.574. The molecule has 6 aliphatic rings. The molecular formula is C56H63Cl2N6O15PS2. The van der Waals surface area contributed by atoms with Crippen LogP contribution in [-0.4, -0.2) is 159 Å². The number of likely N-dealkylation sites (N-methyl/N-ethyl adjacent to an activating group) is 2. The van der Waals surface area contributed by atoms with Gasteiger partial charge in [-0.25, -0.2) is 18.9 Å². The lowest BCUT2D eigenvalue weighted by Crippen LogP contribution is -2.73. The summed E-state index contributed by atoms with van der Waals surface area (Å²) in [5.41, 5.74) is 0.975. The number of imide groups is 1. The van der Waals surface area contributed by atoms with E-state index in [1.54, 1.807) is 47.9 Å². The summed E-state index contributed by atoms with van der Waals surface area (Å²) >= 11 is 13.1. The van der Waals surface area contributed by atoms with Gasteiger partial charge in [-0.3, -0.25) is 38.7 Å². The molecule has 0 spiro atoms. The fraction of sp³-hybridized carbons (Fsp3) is 0.464. The van der Waals surface area contributed by atoms with Gasteiger partial charge >= 0.3 is 26.0 Å². The maximum Gasteiger partial charge on any atom is 0.524 e. The molecule has 0 radical (unpaired) electrons. The number of nitrogens with one attached hydrogen (secondary N) is 1. The molecule has 82 heavy (non-hydrogen) atoms. The third-order valence-electron chi connectivity index (χ3n) is 16.0. The minimum Gasteiger partial charge on any atom is -0.480 e. The molecule has 3 heterocycles. The number of fused-ring (bicyclic) bond motifs is 6. The number of carboxylic acids is 1. The molecule has 10 rings (SSSR count). The van der Waals surface area contributed by atoms with Crippen molar-refractivity contribution in [3.63, 3.8) is 0 Å². The highest BCUT2D eigenvalue weighted by Crippen LogP contribution is 2.75. The Morgan fingerprint density at radius 3 is 1.78 bits per heavy atom. The van der Waals surface area contributed by atoms with Crippen LogP contribution in [0.15, 0.2) is 72.8 Å². The largest absolute Gasteiger partial charge is 0.524 e. The summed E-state index contributed by atoms with van der Waals surface area (Å²) in [4.78, 5) is 131. The molecule has 438 valence electrons. The van der Waals surface area contributed by atoms with Crippen LogP contribution in [0.3, 0.4) is 0 Å². The lowest BCUT2D eigenvalue weighted by Gasteiger charge is -2.69. The number of carboxylic acid groups (broad SMARTS) is 1. The van der Waals surface area contributed by atoms with Crippen LogP contribution in [0.1, 0.15) is 81.8 Å². The van der Waals surface area contributed by atoms with Crippen LogP contribution in [0.5, 0.6) is 11.5 Å². The Morgan fingerprint density at radius 1 is 0.768 bits per heavy atom. The summed E-state index contributed by atoms with van der Waals surface area (Å²) in [6.45, 7) is 4.26. The molecule has 3 saturated carbocycles. The van der Waals surface area contributed by atoms with Crippen molar-refractivity contribution in [2.75, 3.05) is 80.7 Å². The molecule has 3 aliphatic carbocycles. The van der Waals surface area contributed by atoms with Crippen LogP contribution in [0.2, 0.25) is 0 Å². The fourth-order valence-electron chi connectivity index (χ4n) is 11.9. The number of alkyl halides is 2. The number of benzene rings is 4. The van der Waals surface area contributed by atoms with Crippen molar-refractivity contribution in [3.8, 4) is 11.5 Å². The van der Waals surface area contributed by atoms with E-state index in [4.69, 9.17) is 37.2 Å². The van der Waals surface area contributed by atoms with Gasteiger partial charge in [0, 0.05) is 118 Å². The van der Waals surface area contributed by atoms with Crippen LogP contribution in [-0.2, 0) is 38.1 Å². The molecule has 4 aromatic rings. The van der Waals surface area contributed by atoms with Gasteiger partial charge in [0.1, 0.15) is 24.1 Å². The predicted molar refractivity (Wildman–Crippen MR) is 312 cm³/mol. The number of phosphoric acid groups is 1. The molecule has 21 nitrogen and oxygen atoms in total. The normalized spacial score (nSPS) is 21.0. The molecule has 2 bridgehead atoms. The number of amides is 7. The number of nitrogens with zero attached hydrogens (tertiary/aromatic N) is 5. The Balaban J connectivity index is 0.763. The van der Waals surface area contributed by atoms with Crippen LogP contribution in [0.4, 0.5) is 21.0 Å². The summed E-state index contributed by atoms with van der Waals surface area (Å²) in [6.07, 6.45) is 3.51. The molecule has 4 aromatic carbocycles. The number of hydrogen-bond donors (Lipinski definition) is 4. The van der Waals surface area contributed by atoms with Crippen LogP contribution in [0.25, 0.3) is 21.5 Å². The molecule has 3 aliphatic heterocycles.